The van der Waals surface area contributed by atoms with Gasteiger partial charge in [0.1, 0.15) is 0 Å². The molecule has 0 saturated heterocycles. The molecule has 0 fully saturated rings. The molecule has 0 saturated carbocycles. The molecule has 138 valence electrons. The Labute approximate surface area is 168 Å². The second-order valence-corrected chi connectivity index (χ2v) is 7.44. The number of nitrogens with zero attached hydrogens (tertiary/aromatic N) is 2. The second-order valence-electron chi connectivity index (χ2n) is 7.44. The summed E-state index contributed by atoms with van der Waals surface area (Å²) in [6.07, 6.45) is 1.84. The van der Waals surface area contributed by atoms with Gasteiger partial charge in [0.05, 0.1) is 16.7 Å². The van der Waals surface area contributed by atoms with E-state index in [-0.39, 0.29) is 0 Å². The van der Waals surface area contributed by atoms with Gasteiger partial charge >= 0.3 is 0 Å². The number of carbonyl (C=O) groups is 1. The van der Waals surface area contributed by atoms with E-state index in [0.29, 0.717) is 0 Å². The predicted molar refractivity (Wildman–Crippen MR) is 119 cm³/mol. The molecular weight excluding hydrogens is 356 g/mol. The van der Waals surface area contributed by atoms with Crippen molar-refractivity contribution in [2.24, 2.45) is 0 Å². The van der Waals surface area contributed by atoms with E-state index >= 15 is 0 Å². The maximum Gasteiger partial charge on any atom is 0.218 e. The third-order valence-corrected chi connectivity index (χ3v) is 5.90. The fourth-order valence-electron chi connectivity index (χ4n) is 4.68. The zero-order valence-corrected chi connectivity index (χ0v) is 15.7. The Bertz CT molecular complexity index is 1370. The topological polar surface area (TPSA) is 25.2 Å². The molecule has 0 N–H and O–H groups in total. The maximum atomic E-state index is 12.2. The highest BCUT2D eigenvalue weighted by atomic mass is 16.1. The van der Waals surface area contributed by atoms with Crippen molar-refractivity contribution in [3.63, 3.8) is 0 Å². The van der Waals surface area contributed by atoms with E-state index in [2.05, 4.69) is 77.7 Å². The Hall–Kier alpha value is -3.85. The fraction of sp³-hybridized carbons (Fsp3) is 0.0385. The van der Waals surface area contributed by atoms with Crippen LogP contribution in [0.25, 0.3) is 21.8 Å². The number of hydrogen-bond acceptors (Lipinski definition) is 2. The van der Waals surface area contributed by atoms with Gasteiger partial charge in [0.25, 0.3) is 0 Å². The zero-order chi connectivity index (χ0) is 19.4. The third kappa shape index (κ3) is 2.21. The third-order valence-electron chi connectivity index (χ3n) is 5.90. The number of anilines is 3. The van der Waals surface area contributed by atoms with Crippen LogP contribution in [-0.4, -0.2) is 11.0 Å². The number of carbonyl (C=O) groups excluding carboxylic acids is 1. The average Bonchev–Trinajstić information content (AvgIpc) is 3.11. The van der Waals surface area contributed by atoms with Gasteiger partial charge in [-0.15, -0.1) is 0 Å². The first kappa shape index (κ1) is 16.1. The van der Waals surface area contributed by atoms with Gasteiger partial charge in [0.15, 0.2) is 0 Å². The lowest BCUT2D eigenvalue weighted by molar-refractivity contribution is 0.550. The van der Waals surface area contributed by atoms with Crippen molar-refractivity contribution in [3.05, 3.63) is 102 Å². The molecule has 29 heavy (non-hydrogen) atoms. The molecule has 0 radical (unpaired) electrons. The molecule has 4 aromatic carbocycles. The number of hydrogen-bond donors (Lipinski definition) is 0. The molecule has 2 heterocycles. The lowest BCUT2D eigenvalue weighted by Crippen LogP contribution is -2.19. The molecule has 6 rings (SSSR count). The summed E-state index contributed by atoms with van der Waals surface area (Å²) < 4.78 is 1.78. The molecular formula is C26H18N2O. The van der Waals surface area contributed by atoms with E-state index < -0.39 is 0 Å². The lowest BCUT2D eigenvalue weighted by Gasteiger charge is -2.34. The number of benzene rings is 4. The van der Waals surface area contributed by atoms with Crippen LogP contribution >= 0.6 is 0 Å². The molecule has 1 aromatic heterocycles. The number of rotatable bonds is 2. The fourth-order valence-corrected chi connectivity index (χ4v) is 4.68. The minimum absolute atomic E-state index is 0.912. The van der Waals surface area contributed by atoms with E-state index in [0.717, 1.165) is 40.3 Å². The van der Waals surface area contributed by atoms with Crippen LogP contribution in [0.5, 0.6) is 0 Å². The number of fused-ring (bicyclic) bond motifs is 5. The van der Waals surface area contributed by atoms with Gasteiger partial charge in [-0.3, -0.25) is 9.36 Å². The Morgan fingerprint density at radius 2 is 1.21 bits per heavy atom. The Kier molecular flexibility index (Phi) is 3.38. The zero-order valence-electron chi connectivity index (χ0n) is 15.7. The standard InChI is InChI=1S/C26H18N2O/c29-17-27-24-14-6-3-10-20(24)21-11-7-15-25(26(21)27)28-22-12-4-1-8-18(22)16-19-9-2-5-13-23(19)28/h1-15,17H,16H2. The molecule has 0 spiro atoms. The van der Waals surface area contributed by atoms with Crippen LogP contribution in [0, 0.1) is 0 Å². The summed E-state index contributed by atoms with van der Waals surface area (Å²) >= 11 is 0. The first-order chi connectivity index (χ1) is 14.4. The van der Waals surface area contributed by atoms with E-state index in [4.69, 9.17) is 0 Å². The van der Waals surface area contributed by atoms with Gasteiger partial charge < -0.3 is 4.90 Å². The van der Waals surface area contributed by atoms with Crippen molar-refractivity contribution in [3.8, 4) is 0 Å². The average molecular weight is 374 g/mol. The van der Waals surface area contributed by atoms with Gasteiger partial charge in [-0.05, 0) is 35.4 Å². The summed E-state index contributed by atoms with van der Waals surface area (Å²) in [7, 11) is 0. The highest BCUT2D eigenvalue weighted by Crippen LogP contribution is 2.46. The number of aromatic nitrogens is 1. The molecule has 0 aliphatic carbocycles. The normalized spacial score (nSPS) is 12.8. The largest absolute Gasteiger partial charge is 0.308 e. The second kappa shape index (κ2) is 6.08. The van der Waals surface area contributed by atoms with Crippen molar-refractivity contribution in [2.45, 2.75) is 6.42 Å². The van der Waals surface area contributed by atoms with Gasteiger partial charge in [0, 0.05) is 28.6 Å². The Morgan fingerprint density at radius 3 is 1.93 bits per heavy atom. The molecule has 0 amide bonds. The monoisotopic (exact) mass is 374 g/mol. The van der Waals surface area contributed by atoms with Crippen LogP contribution in [0.15, 0.2) is 91.0 Å². The highest BCUT2D eigenvalue weighted by molar-refractivity contribution is 6.16. The highest BCUT2D eigenvalue weighted by Gasteiger charge is 2.26. The van der Waals surface area contributed by atoms with Crippen LogP contribution in [0.2, 0.25) is 0 Å². The van der Waals surface area contributed by atoms with Crippen molar-refractivity contribution in [2.75, 3.05) is 4.90 Å². The molecule has 1 aliphatic heterocycles. The van der Waals surface area contributed by atoms with Crippen LogP contribution in [0.4, 0.5) is 17.1 Å². The summed E-state index contributed by atoms with van der Waals surface area (Å²) in [6.45, 7) is 0. The van der Waals surface area contributed by atoms with Gasteiger partial charge in [-0.1, -0.05) is 66.7 Å². The van der Waals surface area contributed by atoms with Crippen molar-refractivity contribution in [1.29, 1.82) is 0 Å². The molecule has 3 heteroatoms. The van der Waals surface area contributed by atoms with Crippen LogP contribution in [-0.2, 0) is 11.2 Å². The molecule has 1 aliphatic rings. The van der Waals surface area contributed by atoms with Crippen molar-refractivity contribution in [1.82, 2.24) is 4.57 Å². The first-order valence-electron chi connectivity index (χ1n) is 9.80. The Balaban J connectivity index is 1.75. The SMILES string of the molecule is O=Cn1c2ccccc2c2cccc(N3c4ccccc4Cc4ccccc43)c21. The summed E-state index contributed by atoms with van der Waals surface area (Å²) in [5.74, 6) is 0. The van der Waals surface area contributed by atoms with Crippen LogP contribution < -0.4 is 4.90 Å². The molecule has 0 bridgehead atoms. The molecule has 0 unspecified atom stereocenters. The minimum Gasteiger partial charge on any atom is -0.308 e. The van der Waals surface area contributed by atoms with Crippen LogP contribution in [0.1, 0.15) is 11.1 Å². The summed E-state index contributed by atoms with van der Waals surface area (Å²) in [4.78, 5) is 14.5. The quantitative estimate of drug-likeness (QED) is 0.337. The van der Waals surface area contributed by atoms with E-state index in [1.807, 2.05) is 18.2 Å². The van der Waals surface area contributed by atoms with Gasteiger partial charge in [0.2, 0.25) is 6.41 Å². The molecule has 5 aromatic rings. The number of para-hydroxylation sites is 4. The smallest absolute Gasteiger partial charge is 0.218 e. The first-order valence-corrected chi connectivity index (χ1v) is 9.80. The van der Waals surface area contributed by atoms with E-state index in [1.165, 1.54) is 22.5 Å². The van der Waals surface area contributed by atoms with Gasteiger partial charge in [-0.2, -0.15) is 0 Å². The summed E-state index contributed by atoms with van der Waals surface area (Å²) in [5, 5.41) is 2.18. The predicted octanol–water partition coefficient (Wildman–Crippen LogP) is 6.21. The lowest BCUT2D eigenvalue weighted by atomic mass is 9.95. The maximum absolute atomic E-state index is 12.2. The van der Waals surface area contributed by atoms with E-state index in [9.17, 15) is 4.79 Å². The molecule has 0 atom stereocenters. The Morgan fingerprint density at radius 1 is 0.621 bits per heavy atom. The van der Waals surface area contributed by atoms with Gasteiger partial charge in [-0.25, -0.2) is 0 Å². The van der Waals surface area contributed by atoms with E-state index in [1.54, 1.807) is 4.57 Å². The van der Waals surface area contributed by atoms with Crippen LogP contribution in [0.3, 0.4) is 0 Å². The van der Waals surface area contributed by atoms with Crippen molar-refractivity contribution < 1.29 is 4.79 Å². The molecule has 3 nitrogen and oxygen atoms in total. The summed E-state index contributed by atoms with van der Waals surface area (Å²) in [5.41, 5.74) is 7.81. The van der Waals surface area contributed by atoms with Crippen molar-refractivity contribution >= 4 is 45.3 Å². The minimum atomic E-state index is 0.912. The summed E-state index contributed by atoms with van der Waals surface area (Å²) in [6, 6.07) is 31.4.